The molecule has 3 aliphatic rings. The highest BCUT2D eigenvalue weighted by molar-refractivity contribution is 7.10. The average Bonchev–Trinajstić information content (AvgIpc) is 3.78. The van der Waals surface area contributed by atoms with E-state index in [-0.39, 0.29) is 25.0 Å². The van der Waals surface area contributed by atoms with Gasteiger partial charge in [-0.05, 0) is 76.6 Å². The maximum Gasteiger partial charge on any atom is 0.322 e. The summed E-state index contributed by atoms with van der Waals surface area (Å²) < 4.78 is 15.3. The van der Waals surface area contributed by atoms with Crippen molar-refractivity contribution in [1.82, 2.24) is 25.2 Å². The molecule has 3 unspecified atom stereocenters. The minimum Gasteiger partial charge on any atom is -0.464 e. The molecule has 2 amide bonds. The van der Waals surface area contributed by atoms with Crippen molar-refractivity contribution < 1.29 is 28.3 Å². The molecule has 4 bridgehead atoms. The van der Waals surface area contributed by atoms with Crippen molar-refractivity contribution in [3.63, 3.8) is 0 Å². The van der Waals surface area contributed by atoms with Gasteiger partial charge in [0.15, 0.2) is 0 Å². The second kappa shape index (κ2) is 19.8. The highest BCUT2D eigenvalue weighted by Gasteiger charge is 2.34. The van der Waals surface area contributed by atoms with Crippen molar-refractivity contribution in [1.29, 1.82) is 0 Å². The molecule has 1 saturated heterocycles. The number of ether oxygens (including phenoxy) is 2. The molecule has 3 atom stereocenters. The number of carbonyl (C=O) groups excluding carboxylic acids is 3. The van der Waals surface area contributed by atoms with Crippen LogP contribution >= 0.6 is 11.3 Å². The third-order valence-corrected chi connectivity index (χ3v) is 13.9. The number of amides is 2. The molecule has 0 spiro atoms. The lowest BCUT2D eigenvalue weighted by Gasteiger charge is -2.45. The van der Waals surface area contributed by atoms with Crippen LogP contribution in [0.3, 0.4) is 0 Å². The highest BCUT2D eigenvalue weighted by Crippen LogP contribution is 2.43. The van der Waals surface area contributed by atoms with E-state index in [1.165, 1.54) is 24.2 Å². The fraction of sp³-hybridized carbons (Fsp3) is 0.596. The number of esters is 1. The zero-order valence-electron chi connectivity index (χ0n) is 37.9. The van der Waals surface area contributed by atoms with E-state index in [1.54, 1.807) is 7.11 Å². The van der Waals surface area contributed by atoms with E-state index >= 15 is 0 Å². The van der Waals surface area contributed by atoms with Gasteiger partial charge in [0.25, 0.3) is 0 Å². The average molecular weight is 858 g/mol. The summed E-state index contributed by atoms with van der Waals surface area (Å²) in [5, 5.41) is 9.33. The number of quaternary nitrogens is 1. The third-order valence-electron chi connectivity index (χ3n) is 13.0. The first-order valence-electron chi connectivity index (χ1n) is 22.2. The number of likely N-dealkylation sites (N-methyl/N-ethyl adjacent to an activating group) is 1. The first-order chi connectivity index (χ1) is 29.1. The zero-order chi connectivity index (χ0) is 44.1. The van der Waals surface area contributed by atoms with Gasteiger partial charge in [0, 0.05) is 59.4 Å². The predicted octanol–water partition coefficient (Wildman–Crippen LogP) is 6.65. The van der Waals surface area contributed by atoms with Crippen LogP contribution < -0.4 is 21.3 Å². The predicted molar refractivity (Wildman–Crippen MR) is 244 cm³/mol. The van der Waals surface area contributed by atoms with Crippen LogP contribution in [0.15, 0.2) is 35.8 Å². The zero-order valence-corrected chi connectivity index (χ0v) is 38.7. The second-order valence-electron chi connectivity index (χ2n) is 18.7. The molecule has 1 aromatic carbocycles. The van der Waals surface area contributed by atoms with Gasteiger partial charge in [0.1, 0.15) is 12.1 Å². The summed E-state index contributed by atoms with van der Waals surface area (Å²) in [6, 6.07) is 7.69. The van der Waals surface area contributed by atoms with E-state index in [2.05, 4.69) is 93.0 Å². The van der Waals surface area contributed by atoms with Crippen molar-refractivity contribution in [2.75, 3.05) is 58.4 Å². The Hall–Kier alpha value is -4.37. The van der Waals surface area contributed by atoms with Crippen molar-refractivity contribution in [2.24, 2.45) is 17.1 Å². The summed E-state index contributed by atoms with van der Waals surface area (Å²) in [6.45, 7) is 20.5. The third kappa shape index (κ3) is 11.0. The Balaban J connectivity index is 0.00000147. The molecule has 3 aromatic heterocycles. The summed E-state index contributed by atoms with van der Waals surface area (Å²) in [5.74, 6) is 0.294. The lowest BCUT2D eigenvalue weighted by molar-refractivity contribution is -0.930. The van der Waals surface area contributed by atoms with Crippen LogP contribution in [0, 0.1) is 11.3 Å². The molecule has 4 N–H and O–H groups in total. The molecule has 332 valence electrons. The number of nitrogens with one attached hydrogen (secondary N) is 2. The number of hydrogen-bond acceptors (Lipinski definition) is 10. The SMILES string of the molecule is CC1CC1.CCn1c(-c2cc(N3CC[N+](C)(C(C)C)CC3)cnc2C(C)OC)c2c3cc(ccc31)-c1csc(n1)CC(NC=O)C(=O)NCCCC(N)C(=O)OCC(C)(C)C2. The maximum atomic E-state index is 13.2. The number of nitrogens with two attached hydrogens (primary N) is 1. The Labute approximate surface area is 366 Å². The molecule has 61 heavy (non-hydrogen) atoms. The standard InChI is InChI=1S/C43H60N8O5S.C4H8/c1-9-50-37-13-12-29-19-31(37)33(40(50)32-20-30(23-46-39(32)28(4)55-8)49-15-17-51(7,18-16-49)27(2)3)22-43(5,6)25-56-42(54)34(44)11-10-14-45-41(53)35(47-26-52)21-38-48-36(29)24-57-38;1-4-2-3-4/h12-13,19-20,23-24,26-28,34-35H,9-11,14-18,21-22,25,44H2,1-8H3,(H-,45,47,52,53);4H,2-3H2,1H3/p+1. The van der Waals surface area contributed by atoms with Crippen LogP contribution in [-0.4, -0.2) is 109 Å². The van der Waals surface area contributed by atoms with E-state index in [1.807, 2.05) is 18.5 Å². The number of nitrogens with zero attached hydrogens (tertiary/aromatic N) is 5. The van der Waals surface area contributed by atoms with Crippen molar-refractivity contribution in [3.8, 4) is 22.5 Å². The molecule has 14 heteroatoms. The van der Waals surface area contributed by atoms with Crippen LogP contribution in [0.4, 0.5) is 5.69 Å². The molecule has 2 aliphatic heterocycles. The number of hydrogen-bond donors (Lipinski definition) is 3. The number of methoxy groups -OCH3 is 1. The minimum atomic E-state index is -0.833. The number of anilines is 1. The van der Waals surface area contributed by atoms with E-state index in [9.17, 15) is 14.4 Å². The van der Waals surface area contributed by atoms with Crippen LogP contribution in [0.2, 0.25) is 0 Å². The van der Waals surface area contributed by atoms with E-state index in [0.717, 1.165) is 92.0 Å². The number of cyclic esters (lactones) is 1. The number of fused-ring (bicyclic) bond motifs is 4. The molecule has 5 heterocycles. The monoisotopic (exact) mass is 858 g/mol. The minimum absolute atomic E-state index is 0.170. The number of carbonyl (C=O) groups is 3. The van der Waals surface area contributed by atoms with Crippen molar-refractivity contribution >= 4 is 46.2 Å². The second-order valence-corrected chi connectivity index (χ2v) is 19.6. The van der Waals surface area contributed by atoms with Crippen molar-refractivity contribution in [3.05, 3.63) is 52.1 Å². The van der Waals surface area contributed by atoms with Gasteiger partial charge in [0.05, 0.1) is 86.0 Å². The van der Waals surface area contributed by atoms with E-state index in [4.69, 9.17) is 25.2 Å². The molecule has 13 nitrogen and oxygen atoms in total. The van der Waals surface area contributed by atoms with Crippen LogP contribution in [0.25, 0.3) is 33.4 Å². The smallest absolute Gasteiger partial charge is 0.322 e. The van der Waals surface area contributed by atoms with Crippen LogP contribution in [0.5, 0.6) is 0 Å². The summed E-state index contributed by atoms with van der Waals surface area (Å²) in [7, 11) is 4.07. The first kappa shape index (κ1) is 46.1. The highest BCUT2D eigenvalue weighted by atomic mass is 32.1. The molecule has 2 fully saturated rings. The Morgan fingerprint density at radius 2 is 1.87 bits per heavy atom. The number of aromatic nitrogens is 3. The van der Waals surface area contributed by atoms with Gasteiger partial charge in [0.2, 0.25) is 12.3 Å². The fourth-order valence-corrected chi connectivity index (χ4v) is 9.07. The van der Waals surface area contributed by atoms with Gasteiger partial charge in [-0.15, -0.1) is 11.3 Å². The fourth-order valence-electron chi connectivity index (χ4n) is 8.22. The van der Waals surface area contributed by atoms with Gasteiger partial charge in [-0.1, -0.05) is 39.7 Å². The molecule has 0 radical (unpaired) electrons. The molecule has 1 aliphatic carbocycles. The van der Waals surface area contributed by atoms with Crippen LogP contribution in [0.1, 0.15) is 96.5 Å². The van der Waals surface area contributed by atoms with Crippen molar-refractivity contribution in [2.45, 2.75) is 118 Å². The van der Waals surface area contributed by atoms with Gasteiger partial charge < -0.3 is 39.8 Å². The first-order valence-corrected chi connectivity index (χ1v) is 23.1. The van der Waals surface area contributed by atoms with E-state index < -0.39 is 23.5 Å². The van der Waals surface area contributed by atoms with Gasteiger partial charge in [-0.2, -0.15) is 0 Å². The lowest BCUT2D eigenvalue weighted by atomic mass is 9.84. The maximum absolute atomic E-state index is 13.2. The van der Waals surface area contributed by atoms with E-state index in [0.29, 0.717) is 44.8 Å². The van der Waals surface area contributed by atoms with Gasteiger partial charge in [-0.3, -0.25) is 19.4 Å². The number of benzene rings is 1. The molecular formula is C47H69N8O5S+. The van der Waals surface area contributed by atoms with Gasteiger partial charge in [-0.25, -0.2) is 4.98 Å². The Kier molecular flexibility index (Phi) is 15.0. The summed E-state index contributed by atoms with van der Waals surface area (Å²) in [4.78, 5) is 50.3. The summed E-state index contributed by atoms with van der Waals surface area (Å²) in [5.41, 5.74) is 13.8. The number of piperazine rings is 1. The molecule has 4 aromatic rings. The quantitative estimate of drug-likeness (QED) is 0.100. The Bertz CT molecular complexity index is 2150. The Morgan fingerprint density at radius 3 is 2.51 bits per heavy atom. The molecule has 1 saturated carbocycles. The number of pyridine rings is 1. The lowest BCUT2D eigenvalue weighted by Crippen LogP contribution is -2.60. The summed E-state index contributed by atoms with van der Waals surface area (Å²) >= 11 is 1.46. The number of aryl methyl sites for hydroxylation is 1. The normalized spacial score (nSPS) is 21.6. The summed E-state index contributed by atoms with van der Waals surface area (Å²) in [6.07, 6.45) is 6.91. The largest absolute Gasteiger partial charge is 0.464 e. The number of rotatable bonds is 8. The van der Waals surface area contributed by atoms with Gasteiger partial charge >= 0.3 is 5.97 Å². The van der Waals surface area contributed by atoms with Crippen LogP contribution in [-0.2, 0) is 43.2 Å². The molecular weight excluding hydrogens is 789 g/mol. The molecule has 7 rings (SSSR count). The number of thiazole rings is 1. The Morgan fingerprint density at radius 1 is 1.15 bits per heavy atom. The topological polar surface area (TPSA) is 154 Å².